The summed E-state index contributed by atoms with van der Waals surface area (Å²) in [7, 11) is 0. The molecule has 1 aromatic carbocycles. The number of rotatable bonds is 0. The first kappa shape index (κ1) is 8.64. The summed E-state index contributed by atoms with van der Waals surface area (Å²) in [6.07, 6.45) is 7.16. The third-order valence-electron chi connectivity index (χ3n) is 3.05. The van der Waals surface area contributed by atoms with E-state index in [1.165, 1.54) is 0 Å². The van der Waals surface area contributed by atoms with Crippen LogP contribution in [-0.2, 0) is 0 Å². The summed E-state index contributed by atoms with van der Waals surface area (Å²) in [6.45, 7) is 0. The molecule has 3 aromatic heterocycles. The van der Waals surface area contributed by atoms with Gasteiger partial charge in [0.15, 0.2) is 0 Å². The molecular formula is C13H8N4. The van der Waals surface area contributed by atoms with E-state index in [0.29, 0.717) is 0 Å². The molecule has 0 aliphatic rings. The van der Waals surface area contributed by atoms with E-state index in [-0.39, 0.29) is 0 Å². The van der Waals surface area contributed by atoms with Crippen LogP contribution in [0.5, 0.6) is 0 Å². The zero-order valence-electron chi connectivity index (χ0n) is 8.88. The molecule has 1 N–H and O–H groups in total. The maximum absolute atomic E-state index is 4.34. The summed E-state index contributed by atoms with van der Waals surface area (Å²) in [5.74, 6) is 0. The lowest BCUT2D eigenvalue weighted by Crippen LogP contribution is -1.85. The second-order valence-corrected chi connectivity index (χ2v) is 3.95. The first-order valence-electron chi connectivity index (χ1n) is 5.38. The van der Waals surface area contributed by atoms with Crippen molar-refractivity contribution in [2.45, 2.75) is 0 Å². The topological polar surface area (TPSA) is 54.5 Å². The molecule has 0 unspecified atom stereocenters. The molecule has 3 heterocycles. The average molecular weight is 220 g/mol. The molecule has 80 valence electrons. The average Bonchev–Trinajstić information content (AvgIpc) is 2.89. The number of hydrogen-bond acceptors (Lipinski definition) is 3. The largest absolute Gasteiger partial charge is 0.361 e. The lowest BCUT2D eigenvalue weighted by Gasteiger charge is -2.04. The second-order valence-electron chi connectivity index (χ2n) is 3.95. The number of H-pyrrole nitrogens is 1. The van der Waals surface area contributed by atoms with Crippen LogP contribution in [0.2, 0.25) is 0 Å². The van der Waals surface area contributed by atoms with Gasteiger partial charge in [-0.05, 0) is 18.2 Å². The predicted molar refractivity (Wildman–Crippen MR) is 66.7 cm³/mol. The van der Waals surface area contributed by atoms with E-state index < -0.39 is 0 Å². The van der Waals surface area contributed by atoms with Crippen molar-refractivity contribution in [1.82, 2.24) is 19.9 Å². The number of nitrogens with one attached hydrogen (secondary N) is 1. The van der Waals surface area contributed by atoms with E-state index in [4.69, 9.17) is 0 Å². The molecule has 0 fully saturated rings. The summed E-state index contributed by atoms with van der Waals surface area (Å²) < 4.78 is 0. The third-order valence-corrected chi connectivity index (χ3v) is 3.05. The van der Waals surface area contributed by atoms with Gasteiger partial charge in [0, 0.05) is 34.7 Å². The van der Waals surface area contributed by atoms with Gasteiger partial charge in [-0.25, -0.2) is 9.97 Å². The van der Waals surface area contributed by atoms with Gasteiger partial charge in [-0.1, -0.05) is 0 Å². The van der Waals surface area contributed by atoms with Gasteiger partial charge in [0.1, 0.15) is 17.4 Å². The Bertz CT molecular complexity index is 778. The van der Waals surface area contributed by atoms with Gasteiger partial charge < -0.3 is 4.98 Å². The molecular weight excluding hydrogens is 212 g/mol. The van der Waals surface area contributed by atoms with Crippen molar-refractivity contribution < 1.29 is 0 Å². The van der Waals surface area contributed by atoms with Gasteiger partial charge in [0.2, 0.25) is 0 Å². The van der Waals surface area contributed by atoms with Crippen LogP contribution < -0.4 is 0 Å². The first-order chi connectivity index (χ1) is 8.45. The molecule has 17 heavy (non-hydrogen) atoms. The molecule has 4 heteroatoms. The van der Waals surface area contributed by atoms with Crippen molar-refractivity contribution in [2.24, 2.45) is 0 Å². The Morgan fingerprint density at radius 2 is 1.82 bits per heavy atom. The number of benzene rings is 1. The van der Waals surface area contributed by atoms with E-state index in [9.17, 15) is 0 Å². The molecule has 0 aliphatic carbocycles. The van der Waals surface area contributed by atoms with Crippen molar-refractivity contribution in [3.63, 3.8) is 0 Å². The molecule has 0 bridgehead atoms. The fourth-order valence-electron chi connectivity index (χ4n) is 2.32. The Morgan fingerprint density at radius 1 is 0.941 bits per heavy atom. The maximum Gasteiger partial charge on any atom is 0.116 e. The molecule has 4 nitrogen and oxygen atoms in total. The van der Waals surface area contributed by atoms with Crippen molar-refractivity contribution in [3.05, 3.63) is 43.1 Å². The number of fused-ring (bicyclic) bond motifs is 6. The molecule has 0 amide bonds. The molecule has 4 rings (SSSR count). The fourth-order valence-corrected chi connectivity index (χ4v) is 2.32. The molecule has 0 saturated heterocycles. The van der Waals surface area contributed by atoms with Crippen LogP contribution in [0.4, 0.5) is 0 Å². The van der Waals surface area contributed by atoms with E-state index in [1.807, 2.05) is 24.5 Å². The Labute approximate surface area is 96.3 Å². The van der Waals surface area contributed by atoms with Crippen LogP contribution in [0.1, 0.15) is 0 Å². The molecule has 0 saturated carbocycles. The summed E-state index contributed by atoms with van der Waals surface area (Å²) in [5, 5.41) is 3.26. The highest BCUT2D eigenvalue weighted by Crippen LogP contribution is 2.30. The minimum absolute atomic E-state index is 0.917. The van der Waals surface area contributed by atoms with Crippen molar-refractivity contribution >= 4 is 32.7 Å². The molecule has 0 atom stereocenters. The van der Waals surface area contributed by atoms with Gasteiger partial charge in [0.25, 0.3) is 0 Å². The van der Waals surface area contributed by atoms with Crippen LogP contribution >= 0.6 is 0 Å². The Kier molecular flexibility index (Phi) is 1.53. The van der Waals surface area contributed by atoms with Crippen LogP contribution in [0.3, 0.4) is 0 Å². The third kappa shape index (κ3) is 1.04. The highest BCUT2D eigenvalue weighted by molar-refractivity contribution is 6.21. The number of imidazole rings is 1. The Morgan fingerprint density at radius 3 is 2.76 bits per heavy atom. The van der Waals surface area contributed by atoms with Gasteiger partial charge in [0.05, 0.1) is 5.52 Å². The normalized spacial score (nSPS) is 11.5. The minimum Gasteiger partial charge on any atom is -0.361 e. The molecule has 0 spiro atoms. The van der Waals surface area contributed by atoms with Gasteiger partial charge in [-0.3, -0.25) is 4.98 Å². The SMILES string of the molecule is c1c[nH]c2c3ccncc3c3ncnc3c2c1. The number of nitrogens with zero attached hydrogens (tertiary/aromatic N) is 3. The number of hydrogen-bond donors (Lipinski definition) is 1. The predicted octanol–water partition coefficient (Wildman–Crippen LogP) is 2.66. The summed E-state index contributed by atoms with van der Waals surface area (Å²) in [5.41, 5.74) is 2.93. The summed E-state index contributed by atoms with van der Waals surface area (Å²) in [4.78, 5) is 16.1. The Balaban J connectivity index is 2.48. The van der Waals surface area contributed by atoms with E-state index >= 15 is 0 Å². The van der Waals surface area contributed by atoms with Crippen LogP contribution in [-0.4, -0.2) is 19.9 Å². The number of aromatic amines is 1. The van der Waals surface area contributed by atoms with Crippen molar-refractivity contribution in [2.75, 3.05) is 0 Å². The highest BCUT2D eigenvalue weighted by Gasteiger charge is 2.10. The fraction of sp³-hybridized carbons (Fsp3) is 0. The van der Waals surface area contributed by atoms with E-state index in [1.54, 1.807) is 12.5 Å². The lowest BCUT2D eigenvalue weighted by atomic mass is 10.1. The van der Waals surface area contributed by atoms with Crippen LogP contribution in [0.25, 0.3) is 32.7 Å². The van der Waals surface area contributed by atoms with Crippen LogP contribution in [0, 0.1) is 0 Å². The van der Waals surface area contributed by atoms with E-state index in [0.717, 1.165) is 32.7 Å². The maximum atomic E-state index is 4.34. The monoisotopic (exact) mass is 220 g/mol. The summed E-state index contributed by atoms with van der Waals surface area (Å²) >= 11 is 0. The lowest BCUT2D eigenvalue weighted by molar-refractivity contribution is 1.34. The zero-order chi connectivity index (χ0) is 11.2. The van der Waals surface area contributed by atoms with Gasteiger partial charge in [-0.15, -0.1) is 0 Å². The summed E-state index contributed by atoms with van der Waals surface area (Å²) in [6, 6.07) is 6.04. The first-order valence-corrected chi connectivity index (χ1v) is 5.38. The zero-order valence-corrected chi connectivity index (χ0v) is 8.88. The molecule has 4 aromatic rings. The second kappa shape index (κ2) is 3.01. The molecule has 0 aliphatic heterocycles. The smallest absolute Gasteiger partial charge is 0.116 e. The van der Waals surface area contributed by atoms with Crippen molar-refractivity contribution in [3.8, 4) is 0 Å². The van der Waals surface area contributed by atoms with Gasteiger partial charge in [-0.2, -0.15) is 0 Å². The highest BCUT2D eigenvalue weighted by atomic mass is 14.9. The Hall–Kier alpha value is -2.49. The standard InChI is InChI=1S/C13H8N4/c1-2-9-11(15-4-1)8-3-5-14-6-10(8)13-12(9)16-7-17-13/h1-7,15H. The molecule has 0 radical (unpaired) electrons. The number of aromatic nitrogens is 4. The van der Waals surface area contributed by atoms with Gasteiger partial charge >= 0.3 is 0 Å². The van der Waals surface area contributed by atoms with Crippen LogP contribution in [0.15, 0.2) is 43.1 Å². The minimum atomic E-state index is 0.917. The quantitative estimate of drug-likeness (QED) is 0.463. The number of pyridine rings is 2. The van der Waals surface area contributed by atoms with E-state index in [2.05, 4.69) is 26.0 Å². The van der Waals surface area contributed by atoms with Crippen molar-refractivity contribution in [1.29, 1.82) is 0 Å².